The minimum atomic E-state index is -4.01. The Balaban J connectivity index is 1.79. The lowest BCUT2D eigenvalue weighted by Crippen LogP contribution is -2.27. The monoisotopic (exact) mass is 493 g/mol. The van der Waals surface area contributed by atoms with E-state index in [0.29, 0.717) is 31.7 Å². The van der Waals surface area contributed by atoms with E-state index in [1.54, 1.807) is 0 Å². The summed E-state index contributed by atoms with van der Waals surface area (Å²) in [6.45, 7) is 8.25. The summed E-state index contributed by atoms with van der Waals surface area (Å²) in [6.07, 6.45) is 0.713. The number of carbonyl (C=O) groups is 1. The van der Waals surface area contributed by atoms with Gasteiger partial charge in [0, 0.05) is 18.7 Å². The Morgan fingerprint density at radius 2 is 1.65 bits per heavy atom. The first-order valence-electron chi connectivity index (χ1n) is 11.3. The van der Waals surface area contributed by atoms with Crippen LogP contribution in [0.4, 0.5) is 10.5 Å². The summed E-state index contributed by atoms with van der Waals surface area (Å²) in [4.78, 5) is 11.8. The van der Waals surface area contributed by atoms with Gasteiger partial charge in [0.1, 0.15) is 11.4 Å². The molecule has 0 aromatic heterocycles. The number of benzene rings is 2. The van der Waals surface area contributed by atoms with Crippen molar-refractivity contribution in [3.63, 3.8) is 0 Å². The van der Waals surface area contributed by atoms with Gasteiger partial charge in [-0.05, 0) is 75.9 Å². The second-order valence-corrected chi connectivity index (χ2v) is 10.5. The number of ether oxygens (including phenoxy) is 3. The number of amides is 1. The lowest BCUT2D eigenvalue weighted by atomic mass is 10.1. The van der Waals surface area contributed by atoms with Gasteiger partial charge in [0.05, 0.1) is 18.5 Å². The molecule has 1 amide bonds. The molecule has 9 heteroatoms. The van der Waals surface area contributed by atoms with Crippen LogP contribution in [0.25, 0.3) is 0 Å². The molecule has 0 aliphatic rings. The lowest BCUT2D eigenvalue weighted by molar-refractivity contribution is 0.0608. The van der Waals surface area contributed by atoms with Crippen molar-refractivity contribution >= 4 is 21.9 Å². The van der Waals surface area contributed by atoms with Crippen molar-refractivity contribution < 1.29 is 32.0 Å². The standard InChI is InChI=1S/C25H35NO7S/c1-5-31-23(15-17-34(28,29)30)18-20-8-12-22(13-9-20)32-16-14-19-6-10-21(11-7-19)26-24(27)33-25(2,3)4/h6-13,23H,5,14-18H2,1-4H3,(H,26,27)(H,28,29,30). The Morgan fingerprint density at radius 1 is 1.03 bits per heavy atom. The third kappa shape index (κ3) is 11.5. The molecule has 188 valence electrons. The quantitative estimate of drug-likeness (QED) is 0.405. The summed E-state index contributed by atoms with van der Waals surface area (Å²) in [5, 5.41) is 2.71. The van der Waals surface area contributed by atoms with E-state index < -0.39 is 21.8 Å². The first-order chi connectivity index (χ1) is 15.9. The summed E-state index contributed by atoms with van der Waals surface area (Å²) < 4.78 is 47.6. The molecule has 8 nitrogen and oxygen atoms in total. The van der Waals surface area contributed by atoms with Gasteiger partial charge in [-0.2, -0.15) is 8.42 Å². The molecule has 0 saturated heterocycles. The summed E-state index contributed by atoms with van der Waals surface area (Å²) in [5.41, 5.74) is 2.18. The van der Waals surface area contributed by atoms with Crippen molar-refractivity contribution in [2.75, 3.05) is 24.3 Å². The molecule has 0 heterocycles. The Morgan fingerprint density at radius 3 is 2.21 bits per heavy atom. The van der Waals surface area contributed by atoms with Gasteiger partial charge in [0.25, 0.3) is 10.1 Å². The smallest absolute Gasteiger partial charge is 0.412 e. The van der Waals surface area contributed by atoms with Gasteiger partial charge in [0.15, 0.2) is 0 Å². The summed E-state index contributed by atoms with van der Waals surface area (Å²) >= 11 is 0. The summed E-state index contributed by atoms with van der Waals surface area (Å²) in [6, 6.07) is 15.1. The molecule has 2 N–H and O–H groups in total. The number of carbonyl (C=O) groups excluding carboxylic acids is 1. The van der Waals surface area contributed by atoms with Crippen molar-refractivity contribution in [3.8, 4) is 5.75 Å². The van der Waals surface area contributed by atoms with E-state index in [1.165, 1.54) is 0 Å². The second-order valence-electron chi connectivity index (χ2n) is 8.92. The maximum Gasteiger partial charge on any atom is 0.412 e. The van der Waals surface area contributed by atoms with Gasteiger partial charge in [-0.1, -0.05) is 24.3 Å². The van der Waals surface area contributed by atoms with Crippen molar-refractivity contribution in [2.24, 2.45) is 0 Å². The molecule has 34 heavy (non-hydrogen) atoms. The summed E-state index contributed by atoms with van der Waals surface area (Å²) in [5.74, 6) is 0.412. The molecule has 1 unspecified atom stereocenters. The molecule has 0 spiro atoms. The molecule has 2 aromatic rings. The molecule has 2 aromatic carbocycles. The molecular weight excluding hydrogens is 458 g/mol. The third-order valence-electron chi connectivity index (χ3n) is 4.75. The van der Waals surface area contributed by atoms with E-state index in [9.17, 15) is 13.2 Å². The third-order valence-corrected chi connectivity index (χ3v) is 5.50. The minimum Gasteiger partial charge on any atom is -0.493 e. The van der Waals surface area contributed by atoms with Crippen LogP contribution in [0.5, 0.6) is 5.75 Å². The zero-order valence-corrected chi connectivity index (χ0v) is 21.1. The van der Waals surface area contributed by atoms with Crippen molar-refractivity contribution in [2.45, 2.75) is 58.7 Å². The van der Waals surface area contributed by atoms with Crippen LogP contribution < -0.4 is 10.1 Å². The molecular formula is C25H35NO7S. The van der Waals surface area contributed by atoms with E-state index >= 15 is 0 Å². The lowest BCUT2D eigenvalue weighted by Gasteiger charge is -2.19. The highest BCUT2D eigenvalue weighted by Gasteiger charge is 2.16. The Hall–Kier alpha value is -2.62. The van der Waals surface area contributed by atoms with Crippen LogP contribution in [0.15, 0.2) is 48.5 Å². The number of anilines is 1. The van der Waals surface area contributed by atoms with E-state index in [0.717, 1.165) is 16.9 Å². The molecule has 0 bridgehead atoms. The van der Waals surface area contributed by atoms with Crippen LogP contribution in [0.1, 0.15) is 45.2 Å². The van der Waals surface area contributed by atoms with Crippen LogP contribution in [-0.2, 0) is 32.4 Å². The average Bonchev–Trinajstić information content (AvgIpc) is 2.73. The highest BCUT2D eigenvalue weighted by molar-refractivity contribution is 7.85. The number of nitrogens with one attached hydrogen (secondary N) is 1. The maximum atomic E-state index is 11.8. The van der Waals surface area contributed by atoms with E-state index in [1.807, 2.05) is 76.2 Å². The fraction of sp³-hybridized carbons (Fsp3) is 0.480. The van der Waals surface area contributed by atoms with Crippen LogP contribution >= 0.6 is 0 Å². The van der Waals surface area contributed by atoms with Crippen molar-refractivity contribution in [1.29, 1.82) is 0 Å². The highest BCUT2D eigenvalue weighted by Crippen LogP contribution is 2.17. The topological polar surface area (TPSA) is 111 Å². The zero-order chi connectivity index (χ0) is 25.2. The summed E-state index contributed by atoms with van der Waals surface area (Å²) in [7, 11) is -4.01. The molecule has 0 saturated carbocycles. The highest BCUT2D eigenvalue weighted by atomic mass is 32.2. The van der Waals surface area contributed by atoms with Gasteiger partial charge in [-0.25, -0.2) is 4.79 Å². The fourth-order valence-corrected chi connectivity index (χ4v) is 3.77. The van der Waals surface area contributed by atoms with Crippen LogP contribution in [0.3, 0.4) is 0 Å². The molecule has 1 atom stereocenters. The van der Waals surface area contributed by atoms with E-state index in [4.69, 9.17) is 18.8 Å². The van der Waals surface area contributed by atoms with Crippen LogP contribution in [0.2, 0.25) is 0 Å². The van der Waals surface area contributed by atoms with Gasteiger partial charge in [0.2, 0.25) is 0 Å². The van der Waals surface area contributed by atoms with Crippen molar-refractivity contribution in [1.82, 2.24) is 0 Å². The first-order valence-corrected chi connectivity index (χ1v) is 12.9. The van der Waals surface area contributed by atoms with Gasteiger partial charge >= 0.3 is 6.09 Å². The second kappa shape index (κ2) is 12.7. The minimum absolute atomic E-state index is 0.233. The molecule has 0 fully saturated rings. The number of hydrogen-bond acceptors (Lipinski definition) is 6. The Bertz CT molecular complexity index is 997. The van der Waals surface area contributed by atoms with Crippen LogP contribution in [0, 0.1) is 0 Å². The van der Waals surface area contributed by atoms with E-state index in [-0.39, 0.29) is 18.3 Å². The predicted octanol–water partition coefficient (Wildman–Crippen LogP) is 4.88. The largest absolute Gasteiger partial charge is 0.493 e. The molecule has 0 aliphatic heterocycles. The predicted molar refractivity (Wildman–Crippen MR) is 132 cm³/mol. The SMILES string of the molecule is CCOC(CCS(=O)(=O)O)Cc1ccc(OCCc2ccc(NC(=O)OC(C)(C)C)cc2)cc1. The molecule has 0 aliphatic carbocycles. The number of hydrogen-bond donors (Lipinski definition) is 2. The van der Waals surface area contributed by atoms with Crippen molar-refractivity contribution in [3.05, 3.63) is 59.7 Å². The average molecular weight is 494 g/mol. The van der Waals surface area contributed by atoms with E-state index in [2.05, 4.69) is 5.32 Å². The Kier molecular flexibility index (Phi) is 10.3. The normalized spacial score (nSPS) is 12.7. The fourth-order valence-electron chi connectivity index (χ4n) is 3.21. The van der Waals surface area contributed by atoms with Gasteiger partial charge in [-0.3, -0.25) is 9.87 Å². The molecule has 0 radical (unpaired) electrons. The zero-order valence-electron chi connectivity index (χ0n) is 20.2. The first kappa shape index (κ1) is 27.6. The maximum absolute atomic E-state index is 11.8. The van der Waals surface area contributed by atoms with Gasteiger partial charge in [-0.15, -0.1) is 0 Å². The Labute approximate surface area is 202 Å². The molecule has 2 rings (SSSR count). The van der Waals surface area contributed by atoms with Gasteiger partial charge < -0.3 is 14.2 Å². The number of rotatable bonds is 12. The van der Waals surface area contributed by atoms with Crippen LogP contribution in [-0.4, -0.2) is 49.7 Å².